The topological polar surface area (TPSA) is 40.1 Å². The molecule has 6 heteroatoms. The number of rotatable bonds is 2. The van der Waals surface area contributed by atoms with E-state index in [2.05, 4.69) is 0 Å². The van der Waals surface area contributed by atoms with Crippen LogP contribution in [0.5, 0.6) is 0 Å². The van der Waals surface area contributed by atoms with E-state index in [1.165, 1.54) is 6.07 Å². The number of halogens is 3. The van der Waals surface area contributed by atoms with Gasteiger partial charge < -0.3 is 4.55 Å². The van der Waals surface area contributed by atoms with E-state index in [1.807, 2.05) is 0 Å². The first-order chi connectivity index (χ1) is 7.38. The Morgan fingerprint density at radius 1 is 1.25 bits per heavy atom. The maximum Gasteiger partial charge on any atom is 0.416 e. The molecule has 1 aliphatic carbocycles. The van der Waals surface area contributed by atoms with E-state index in [0.29, 0.717) is 11.6 Å². The third-order valence-electron chi connectivity index (χ3n) is 2.50. The first-order valence-electron chi connectivity index (χ1n) is 4.69. The van der Waals surface area contributed by atoms with Crippen LogP contribution in [0.4, 0.5) is 13.2 Å². The average Bonchev–Trinajstić information content (AvgIpc) is 2.98. The molecular formula is C10H8F3O2S-. The predicted molar refractivity (Wildman–Crippen MR) is 50.6 cm³/mol. The van der Waals surface area contributed by atoms with E-state index in [9.17, 15) is 21.9 Å². The summed E-state index contributed by atoms with van der Waals surface area (Å²) >= 11 is -2.62. The average molecular weight is 249 g/mol. The summed E-state index contributed by atoms with van der Waals surface area (Å²) in [6.07, 6.45) is -2.85. The molecule has 0 aromatic heterocycles. The van der Waals surface area contributed by atoms with Crippen molar-refractivity contribution < 1.29 is 21.9 Å². The standard InChI is InChI=1S/C10H9F3O2S/c11-10(12,13)8-3-7(6-1-2-6)4-9(5-8)16(14)15/h3-6H,1-2H2,(H,14,15)/p-1. The van der Waals surface area contributed by atoms with Gasteiger partial charge in [0.05, 0.1) is 5.56 Å². The van der Waals surface area contributed by atoms with Crippen molar-refractivity contribution in [1.82, 2.24) is 0 Å². The van der Waals surface area contributed by atoms with E-state index in [0.717, 1.165) is 18.9 Å². The second-order valence-corrected chi connectivity index (χ2v) is 4.74. The zero-order chi connectivity index (χ0) is 11.9. The van der Waals surface area contributed by atoms with Gasteiger partial charge in [-0.05, 0) is 53.6 Å². The molecule has 2 nitrogen and oxygen atoms in total. The quantitative estimate of drug-likeness (QED) is 0.756. The number of hydrogen-bond acceptors (Lipinski definition) is 2. The van der Waals surface area contributed by atoms with Crippen molar-refractivity contribution in [2.24, 2.45) is 0 Å². The van der Waals surface area contributed by atoms with Gasteiger partial charge in [-0.3, -0.25) is 4.21 Å². The zero-order valence-electron chi connectivity index (χ0n) is 8.08. The molecule has 1 aliphatic rings. The van der Waals surface area contributed by atoms with Crippen LogP contribution < -0.4 is 0 Å². The van der Waals surface area contributed by atoms with Gasteiger partial charge in [-0.2, -0.15) is 13.2 Å². The van der Waals surface area contributed by atoms with Crippen molar-refractivity contribution in [3.8, 4) is 0 Å². The van der Waals surface area contributed by atoms with Crippen LogP contribution in [-0.4, -0.2) is 8.76 Å². The van der Waals surface area contributed by atoms with Gasteiger partial charge in [0.25, 0.3) is 0 Å². The Balaban J connectivity index is 2.48. The Morgan fingerprint density at radius 3 is 2.31 bits per heavy atom. The van der Waals surface area contributed by atoms with Crippen LogP contribution in [0.1, 0.15) is 29.9 Å². The van der Waals surface area contributed by atoms with E-state index in [1.54, 1.807) is 0 Å². The molecule has 0 amide bonds. The maximum absolute atomic E-state index is 12.5. The molecule has 0 bridgehead atoms. The van der Waals surface area contributed by atoms with Gasteiger partial charge in [-0.1, -0.05) is 0 Å². The normalized spacial score (nSPS) is 18.5. The molecule has 1 fully saturated rings. The van der Waals surface area contributed by atoms with E-state index < -0.39 is 22.8 Å². The van der Waals surface area contributed by atoms with E-state index in [-0.39, 0.29) is 10.8 Å². The van der Waals surface area contributed by atoms with E-state index >= 15 is 0 Å². The smallest absolute Gasteiger partial charge is 0.416 e. The number of hydrogen-bond donors (Lipinski definition) is 0. The van der Waals surface area contributed by atoms with Gasteiger partial charge in [0.2, 0.25) is 0 Å². The van der Waals surface area contributed by atoms with Gasteiger partial charge in [-0.25, -0.2) is 0 Å². The van der Waals surface area contributed by atoms with Crippen LogP contribution in [0, 0.1) is 0 Å². The van der Waals surface area contributed by atoms with Gasteiger partial charge in [0, 0.05) is 4.90 Å². The second kappa shape index (κ2) is 3.85. The Kier molecular flexibility index (Phi) is 2.79. The Morgan fingerprint density at radius 2 is 1.88 bits per heavy atom. The van der Waals surface area contributed by atoms with Crippen molar-refractivity contribution in [3.05, 3.63) is 29.3 Å². The maximum atomic E-state index is 12.5. The van der Waals surface area contributed by atoms with E-state index in [4.69, 9.17) is 0 Å². The van der Waals surface area contributed by atoms with Crippen molar-refractivity contribution in [1.29, 1.82) is 0 Å². The summed E-state index contributed by atoms with van der Waals surface area (Å²) in [5.41, 5.74) is -0.426. The monoisotopic (exact) mass is 249 g/mol. The van der Waals surface area contributed by atoms with Gasteiger partial charge in [-0.15, -0.1) is 0 Å². The Hall–Kier alpha value is -0.880. The van der Waals surface area contributed by atoms with Crippen molar-refractivity contribution in [2.45, 2.75) is 29.8 Å². The third-order valence-corrected chi connectivity index (χ3v) is 3.12. The molecular weight excluding hydrogens is 241 g/mol. The van der Waals surface area contributed by atoms with Crippen LogP contribution in [0.15, 0.2) is 23.1 Å². The van der Waals surface area contributed by atoms with Crippen LogP contribution >= 0.6 is 0 Å². The largest absolute Gasteiger partial charge is 0.768 e. The highest BCUT2D eigenvalue weighted by Gasteiger charge is 2.33. The molecule has 1 saturated carbocycles. The van der Waals surface area contributed by atoms with Crippen molar-refractivity contribution in [3.63, 3.8) is 0 Å². The van der Waals surface area contributed by atoms with Crippen molar-refractivity contribution >= 4 is 11.1 Å². The summed E-state index contributed by atoms with van der Waals surface area (Å²) in [5.74, 6) is 0.0876. The summed E-state index contributed by atoms with van der Waals surface area (Å²) in [4.78, 5) is -0.295. The number of benzene rings is 1. The summed E-state index contributed by atoms with van der Waals surface area (Å²) in [5, 5.41) is 0. The Labute approximate surface area is 92.8 Å². The lowest BCUT2D eigenvalue weighted by Crippen LogP contribution is -2.07. The molecule has 0 spiro atoms. The van der Waals surface area contributed by atoms with Gasteiger partial charge in [0.1, 0.15) is 0 Å². The minimum absolute atomic E-state index is 0.0876. The lowest BCUT2D eigenvalue weighted by molar-refractivity contribution is -0.137. The van der Waals surface area contributed by atoms with Gasteiger partial charge in [0.15, 0.2) is 0 Å². The lowest BCUT2D eigenvalue weighted by atomic mass is 10.1. The fraction of sp³-hybridized carbons (Fsp3) is 0.400. The molecule has 2 rings (SSSR count). The highest BCUT2D eigenvalue weighted by molar-refractivity contribution is 7.79. The Bertz CT molecular complexity index is 438. The molecule has 0 N–H and O–H groups in total. The molecule has 1 unspecified atom stereocenters. The highest BCUT2D eigenvalue weighted by atomic mass is 32.2. The zero-order valence-corrected chi connectivity index (χ0v) is 8.90. The molecule has 88 valence electrons. The fourth-order valence-corrected chi connectivity index (χ4v) is 1.99. The fourth-order valence-electron chi connectivity index (χ4n) is 1.53. The molecule has 0 radical (unpaired) electrons. The van der Waals surface area contributed by atoms with Crippen LogP contribution in [0.25, 0.3) is 0 Å². The van der Waals surface area contributed by atoms with Gasteiger partial charge >= 0.3 is 6.18 Å². The molecule has 0 saturated heterocycles. The molecule has 16 heavy (non-hydrogen) atoms. The highest BCUT2D eigenvalue weighted by Crippen LogP contribution is 2.42. The molecule has 1 aromatic carbocycles. The van der Waals surface area contributed by atoms with Crippen molar-refractivity contribution in [2.75, 3.05) is 0 Å². The van der Waals surface area contributed by atoms with Crippen LogP contribution in [0.3, 0.4) is 0 Å². The third kappa shape index (κ3) is 2.44. The molecule has 1 atom stereocenters. The summed E-state index contributed by atoms with van der Waals surface area (Å²) in [6.45, 7) is 0. The second-order valence-electron chi connectivity index (χ2n) is 3.80. The minimum atomic E-state index is -4.50. The van der Waals surface area contributed by atoms with Crippen LogP contribution in [0.2, 0.25) is 0 Å². The molecule has 0 heterocycles. The first-order valence-corrected chi connectivity index (χ1v) is 5.77. The van der Waals surface area contributed by atoms with Crippen LogP contribution in [-0.2, 0) is 17.3 Å². The first kappa shape index (κ1) is 11.6. The predicted octanol–water partition coefficient (Wildman–Crippen LogP) is 2.82. The number of alkyl halides is 3. The summed E-state index contributed by atoms with van der Waals surface area (Å²) in [6, 6.07) is 3.01. The summed E-state index contributed by atoms with van der Waals surface area (Å²) < 4.78 is 58.9. The molecule has 0 aliphatic heterocycles. The molecule has 1 aromatic rings. The lowest BCUT2D eigenvalue weighted by Gasteiger charge is -2.13. The minimum Gasteiger partial charge on any atom is -0.768 e. The SMILES string of the molecule is O=S([O-])c1cc(C2CC2)cc(C(F)(F)F)c1. The summed E-state index contributed by atoms with van der Waals surface area (Å²) in [7, 11) is 0.